The maximum Gasteiger partial charge on any atom is 0.131 e. The molecule has 2 rings (SSSR count). The van der Waals surface area contributed by atoms with Gasteiger partial charge < -0.3 is 14.6 Å². The van der Waals surface area contributed by atoms with E-state index < -0.39 is 6.10 Å². The molecule has 0 aliphatic rings. The Hall–Kier alpha value is -2.07. The molecule has 0 amide bonds. The van der Waals surface area contributed by atoms with E-state index in [1.54, 1.807) is 20.2 Å². The van der Waals surface area contributed by atoms with E-state index in [1.165, 1.54) is 0 Å². The molecular formula is C17H21NO3. The first-order chi connectivity index (χ1) is 10.0. The van der Waals surface area contributed by atoms with Gasteiger partial charge in [-0.3, -0.25) is 4.98 Å². The Morgan fingerprint density at radius 1 is 1.19 bits per heavy atom. The summed E-state index contributed by atoms with van der Waals surface area (Å²) >= 11 is 0. The Kier molecular flexibility index (Phi) is 4.81. The fourth-order valence-corrected chi connectivity index (χ4v) is 2.21. The highest BCUT2D eigenvalue weighted by Crippen LogP contribution is 2.25. The van der Waals surface area contributed by atoms with Crippen LogP contribution >= 0.6 is 0 Å². The van der Waals surface area contributed by atoms with Gasteiger partial charge in [-0.05, 0) is 38.5 Å². The van der Waals surface area contributed by atoms with Crippen molar-refractivity contribution in [2.75, 3.05) is 7.11 Å². The van der Waals surface area contributed by atoms with Gasteiger partial charge >= 0.3 is 0 Å². The van der Waals surface area contributed by atoms with Crippen LogP contribution in [0.1, 0.15) is 35.4 Å². The Morgan fingerprint density at radius 2 is 1.86 bits per heavy atom. The third kappa shape index (κ3) is 3.52. The Labute approximate surface area is 125 Å². The predicted molar refractivity (Wildman–Crippen MR) is 81.7 cm³/mol. The first kappa shape index (κ1) is 15.3. The van der Waals surface area contributed by atoms with Crippen LogP contribution in [0.2, 0.25) is 0 Å². The molecule has 0 bridgehead atoms. The third-order valence-electron chi connectivity index (χ3n) is 3.49. The number of nitrogens with zero attached hydrogens (tertiary/aromatic N) is 1. The quantitative estimate of drug-likeness (QED) is 0.916. The van der Waals surface area contributed by atoms with Gasteiger partial charge in [-0.15, -0.1) is 0 Å². The summed E-state index contributed by atoms with van der Waals surface area (Å²) in [4.78, 5) is 4.40. The van der Waals surface area contributed by atoms with Crippen molar-refractivity contribution in [2.24, 2.45) is 0 Å². The Balaban J connectivity index is 2.09. The van der Waals surface area contributed by atoms with Crippen molar-refractivity contribution in [3.8, 4) is 11.5 Å². The van der Waals surface area contributed by atoms with Crippen LogP contribution in [-0.4, -0.2) is 17.2 Å². The van der Waals surface area contributed by atoms with E-state index in [2.05, 4.69) is 4.98 Å². The maximum atomic E-state index is 9.48. The van der Waals surface area contributed by atoms with E-state index in [0.29, 0.717) is 6.61 Å². The lowest BCUT2D eigenvalue weighted by atomic mass is 10.1. The minimum Gasteiger partial charge on any atom is -0.496 e. The molecule has 1 aromatic carbocycles. The number of methoxy groups -OCH3 is 1. The van der Waals surface area contributed by atoms with E-state index in [1.807, 2.05) is 38.1 Å². The number of aromatic nitrogens is 1. The highest BCUT2D eigenvalue weighted by atomic mass is 16.5. The van der Waals surface area contributed by atoms with E-state index >= 15 is 0 Å². The van der Waals surface area contributed by atoms with E-state index in [0.717, 1.165) is 33.9 Å². The number of aryl methyl sites for hydroxylation is 1. The number of benzene rings is 1. The summed E-state index contributed by atoms with van der Waals surface area (Å²) < 4.78 is 11.1. The van der Waals surface area contributed by atoms with Gasteiger partial charge in [0.1, 0.15) is 18.1 Å². The first-order valence-corrected chi connectivity index (χ1v) is 6.92. The van der Waals surface area contributed by atoms with Crippen LogP contribution in [0, 0.1) is 13.8 Å². The number of ether oxygens (including phenoxy) is 2. The zero-order valence-corrected chi connectivity index (χ0v) is 12.9. The van der Waals surface area contributed by atoms with Gasteiger partial charge in [0.05, 0.1) is 18.9 Å². The molecule has 0 spiro atoms. The minimum atomic E-state index is -0.468. The fraction of sp³-hybridized carbons (Fsp3) is 0.353. The van der Waals surface area contributed by atoms with Crippen LogP contribution in [0.15, 0.2) is 30.5 Å². The van der Waals surface area contributed by atoms with E-state index in [4.69, 9.17) is 9.47 Å². The zero-order valence-electron chi connectivity index (χ0n) is 12.9. The van der Waals surface area contributed by atoms with Crippen molar-refractivity contribution < 1.29 is 14.6 Å². The predicted octanol–water partition coefficient (Wildman–Crippen LogP) is 3.34. The molecule has 1 aromatic heterocycles. The van der Waals surface area contributed by atoms with Crippen LogP contribution in [0.4, 0.5) is 0 Å². The lowest BCUT2D eigenvalue weighted by Crippen LogP contribution is -2.04. The van der Waals surface area contributed by atoms with Crippen LogP contribution < -0.4 is 9.47 Å². The molecule has 112 valence electrons. The molecule has 1 heterocycles. The monoisotopic (exact) mass is 287 g/mol. The van der Waals surface area contributed by atoms with Crippen LogP contribution in [0.3, 0.4) is 0 Å². The largest absolute Gasteiger partial charge is 0.496 e. The lowest BCUT2D eigenvalue weighted by Gasteiger charge is -2.13. The average molecular weight is 287 g/mol. The molecule has 1 atom stereocenters. The van der Waals surface area contributed by atoms with Gasteiger partial charge in [0, 0.05) is 17.3 Å². The molecule has 0 fully saturated rings. The molecule has 0 unspecified atom stereocenters. The number of pyridine rings is 1. The van der Waals surface area contributed by atoms with Crippen molar-refractivity contribution in [3.63, 3.8) is 0 Å². The standard InChI is InChI=1S/C17H21NO3/c1-11-9-18-16(12(2)17(11)20-4)10-21-15-7-5-14(6-8-15)13(3)19/h5-9,13,19H,10H2,1-4H3/t13-/m1/s1. The minimum absolute atomic E-state index is 0.385. The highest BCUT2D eigenvalue weighted by Gasteiger charge is 2.10. The zero-order chi connectivity index (χ0) is 15.4. The first-order valence-electron chi connectivity index (χ1n) is 6.92. The number of rotatable bonds is 5. The molecule has 0 saturated heterocycles. The average Bonchev–Trinajstić information content (AvgIpc) is 2.47. The van der Waals surface area contributed by atoms with Crippen molar-refractivity contribution in [1.82, 2.24) is 4.98 Å². The molecule has 0 saturated carbocycles. The number of hydrogen-bond donors (Lipinski definition) is 1. The molecule has 4 nitrogen and oxygen atoms in total. The molecule has 0 aliphatic heterocycles. The van der Waals surface area contributed by atoms with Gasteiger partial charge in [0.15, 0.2) is 0 Å². The topological polar surface area (TPSA) is 51.6 Å². The van der Waals surface area contributed by atoms with Gasteiger partial charge in [0.2, 0.25) is 0 Å². The summed E-state index contributed by atoms with van der Waals surface area (Å²) in [5, 5.41) is 9.48. The van der Waals surface area contributed by atoms with Crippen molar-refractivity contribution in [2.45, 2.75) is 33.5 Å². The smallest absolute Gasteiger partial charge is 0.131 e. The molecule has 1 N–H and O–H groups in total. The van der Waals surface area contributed by atoms with Gasteiger partial charge in [-0.25, -0.2) is 0 Å². The SMILES string of the molecule is COc1c(C)cnc(COc2ccc([C@@H](C)O)cc2)c1C. The third-order valence-corrected chi connectivity index (χ3v) is 3.49. The van der Waals surface area contributed by atoms with Gasteiger partial charge in [-0.2, -0.15) is 0 Å². The van der Waals surface area contributed by atoms with E-state index in [9.17, 15) is 5.11 Å². The molecule has 0 radical (unpaired) electrons. The van der Waals surface area contributed by atoms with Crippen molar-refractivity contribution in [1.29, 1.82) is 0 Å². The normalized spacial score (nSPS) is 12.0. The molecule has 21 heavy (non-hydrogen) atoms. The summed E-state index contributed by atoms with van der Waals surface area (Å²) in [6.45, 7) is 6.07. The maximum absolute atomic E-state index is 9.48. The highest BCUT2D eigenvalue weighted by molar-refractivity contribution is 5.41. The molecular weight excluding hydrogens is 266 g/mol. The van der Waals surface area contributed by atoms with Crippen molar-refractivity contribution >= 4 is 0 Å². The molecule has 4 heteroatoms. The van der Waals surface area contributed by atoms with Crippen LogP contribution in [-0.2, 0) is 6.61 Å². The Bertz CT molecular complexity index is 606. The summed E-state index contributed by atoms with van der Waals surface area (Å²) in [5.74, 6) is 1.60. The van der Waals surface area contributed by atoms with Crippen molar-refractivity contribution in [3.05, 3.63) is 52.8 Å². The van der Waals surface area contributed by atoms with Gasteiger partial charge in [0.25, 0.3) is 0 Å². The number of aliphatic hydroxyl groups is 1. The summed E-state index contributed by atoms with van der Waals surface area (Å²) in [6.07, 6.45) is 1.32. The van der Waals surface area contributed by atoms with Crippen LogP contribution in [0.5, 0.6) is 11.5 Å². The fourth-order valence-electron chi connectivity index (χ4n) is 2.21. The molecule has 0 aliphatic carbocycles. The second-order valence-electron chi connectivity index (χ2n) is 5.08. The summed E-state index contributed by atoms with van der Waals surface area (Å²) in [5.41, 5.74) is 3.74. The second-order valence-corrected chi connectivity index (χ2v) is 5.08. The summed E-state index contributed by atoms with van der Waals surface area (Å²) in [7, 11) is 1.66. The number of aliphatic hydroxyl groups excluding tert-OH is 1. The number of hydrogen-bond acceptors (Lipinski definition) is 4. The Morgan fingerprint density at radius 3 is 2.43 bits per heavy atom. The van der Waals surface area contributed by atoms with Crippen LogP contribution in [0.25, 0.3) is 0 Å². The summed E-state index contributed by atoms with van der Waals surface area (Å²) in [6, 6.07) is 7.41. The molecule has 2 aromatic rings. The van der Waals surface area contributed by atoms with E-state index in [-0.39, 0.29) is 0 Å². The lowest BCUT2D eigenvalue weighted by molar-refractivity contribution is 0.199. The second kappa shape index (κ2) is 6.59. The van der Waals surface area contributed by atoms with Gasteiger partial charge in [-0.1, -0.05) is 12.1 Å².